The van der Waals surface area contributed by atoms with Crippen LogP contribution >= 0.6 is 11.6 Å². The van der Waals surface area contributed by atoms with Gasteiger partial charge in [-0.15, -0.1) is 0 Å². The highest BCUT2D eigenvalue weighted by Gasteiger charge is 2.27. The van der Waals surface area contributed by atoms with E-state index in [-0.39, 0.29) is 5.56 Å². The molecule has 1 heterocycles. The predicted octanol–water partition coefficient (Wildman–Crippen LogP) is 3.28. The lowest BCUT2D eigenvalue weighted by Crippen LogP contribution is -2.15. The van der Waals surface area contributed by atoms with Crippen molar-refractivity contribution in [2.24, 2.45) is 0 Å². The van der Waals surface area contributed by atoms with Gasteiger partial charge in [0.2, 0.25) is 0 Å². The van der Waals surface area contributed by atoms with Crippen LogP contribution in [-0.4, -0.2) is 17.1 Å². The number of aromatic nitrogens is 2. The van der Waals surface area contributed by atoms with Crippen molar-refractivity contribution in [2.75, 3.05) is 7.11 Å². The van der Waals surface area contributed by atoms with Crippen molar-refractivity contribution in [1.82, 2.24) is 9.97 Å². The van der Waals surface area contributed by atoms with Crippen LogP contribution in [0.4, 0.5) is 0 Å². The third-order valence-electron chi connectivity index (χ3n) is 3.55. The highest BCUT2D eigenvalue weighted by Crippen LogP contribution is 2.39. The van der Waals surface area contributed by atoms with E-state index in [0.717, 1.165) is 24.2 Å². The molecule has 0 spiro atoms. The smallest absolute Gasteiger partial charge is 0.254 e. The van der Waals surface area contributed by atoms with Gasteiger partial charge in [0, 0.05) is 22.1 Å². The van der Waals surface area contributed by atoms with E-state index in [2.05, 4.69) is 9.97 Å². The lowest BCUT2D eigenvalue weighted by Gasteiger charge is -2.11. The molecule has 1 aromatic carbocycles. The quantitative estimate of drug-likeness (QED) is 0.944. The monoisotopic (exact) mass is 290 g/mol. The van der Waals surface area contributed by atoms with Crippen LogP contribution < -0.4 is 10.3 Å². The maximum atomic E-state index is 12.1. The van der Waals surface area contributed by atoms with Crippen LogP contribution in [0, 0.1) is 6.92 Å². The van der Waals surface area contributed by atoms with Crippen LogP contribution in [0.2, 0.25) is 5.02 Å². The molecule has 1 fully saturated rings. The minimum absolute atomic E-state index is 0.0982. The number of H-pyrrole nitrogens is 1. The Hall–Kier alpha value is -1.81. The maximum Gasteiger partial charge on any atom is 0.254 e. The summed E-state index contributed by atoms with van der Waals surface area (Å²) in [5.74, 6) is 1.81. The number of aromatic amines is 1. The van der Waals surface area contributed by atoms with Crippen molar-refractivity contribution in [3.8, 4) is 17.0 Å². The van der Waals surface area contributed by atoms with Gasteiger partial charge in [-0.2, -0.15) is 0 Å². The van der Waals surface area contributed by atoms with Gasteiger partial charge in [-0.1, -0.05) is 11.6 Å². The summed E-state index contributed by atoms with van der Waals surface area (Å²) in [6.07, 6.45) is 2.16. The first-order chi connectivity index (χ1) is 9.60. The Morgan fingerprint density at radius 2 is 2.15 bits per heavy atom. The topological polar surface area (TPSA) is 55.0 Å². The summed E-state index contributed by atoms with van der Waals surface area (Å²) in [5.41, 5.74) is 1.88. The van der Waals surface area contributed by atoms with Gasteiger partial charge in [0.1, 0.15) is 11.6 Å². The second kappa shape index (κ2) is 4.94. The minimum atomic E-state index is -0.0982. The molecule has 0 saturated heterocycles. The molecule has 0 bridgehead atoms. The third-order valence-corrected chi connectivity index (χ3v) is 3.79. The first kappa shape index (κ1) is 13.2. The van der Waals surface area contributed by atoms with Gasteiger partial charge >= 0.3 is 0 Å². The molecular formula is C15H15ClN2O2. The largest absolute Gasteiger partial charge is 0.496 e. The second-order valence-electron chi connectivity index (χ2n) is 5.04. The third kappa shape index (κ3) is 2.31. The Kier molecular flexibility index (Phi) is 3.26. The molecule has 1 aliphatic carbocycles. The number of hydrogen-bond acceptors (Lipinski definition) is 3. The molecule has 5 heteroatoms. The molecule has 0 atom stereocenters. The fraction of sp³-hybridized carbons (Fsp3) is 0.333. The molecule has 0 radical (unpaired) electrons. The molecule has 1 aliphatic rings. The number of halogens is 1. The first-order valence-corrected chi connectivity index (χ1v) is 6.92. The molecule has 1 N–H and O–H groups in total. The fourth-order valence-corrected chi connectivity index (χ4v) is 2.40. The van der Waals surface area contributed by atoms with E-state index < -0.39 is 0 Å². The zero-order valence-electron chi connectivity index (χ0n) is 11.4. The Morgan fingerprint density at radius 1 is 1.40 bits per heavy atom. The number of hydrogen-bond donors (Lipinski definition) is 1. The Labute approximate surface area is 121 Å². The van der Waals surface area contributed by atoms with Gasteiger partial charge in [0.15, 0.2) is 0 Å². The lowest BCUT2D eigenvalue weighted by atomic mass is 10.1. The van der Waals surface area contributed by atoms with E-state index >= 15 is 0 Å². The van der Waals surface area contributed by atoms with Crippen LogP contribution in [0.1, 0.15) is 30.1 Å². The van der Waals surface area contributed by atoms with Gasteiger partial charge in [0.25, 0.3) is 5.56 Å². The Bertz CT molecular complexity index is 720. The summed E-state index contributed by atoms with van der Waals surface area (Å²) in [4.78, 5) is 19.6. The van der Waals surface area contributed by atoms with Crippen LogP contribution in [0.15, 0.2) is 23.0 Å². The van der Waals surface area contributed by atoms with E-state index in [4.69, 9.17) is 16.3 Å². The number of rotatable bonds is 3. The van der Waals surface area contributed by atoms with E-state index in [9.17, 15) is 4.79 Å². The standard InChI is InChI=1S/C15H15ClN2O2/c1-8-13(11-7-10(16)5-6-12(11)20-2)17-14(9-3-4-9)18-15(8)19/h5-7,9H,3-4H2,1-2H3,(H,17,18,19). The van der Waals surface area contributed by atoms with Gasteiger partial charge in [0.05, 0.1) is 12.8 Å². The molecule has 0 amide bonds. The van der Waals surface area contributed by atoms with Crippen molar-refractivity contribution in [1.29, 1.82) is 0 Å². The number of benzene rings is 1. The summed E-state index contributed by atoms with van der Waals surface area (Å²) in [6, 6.07) is 5.33. The summed E-state index contributed by atoms with van der Waals surface area (Å²) in [5, 5.41) is 0.593. The van der Waals surface area contributed by atoms with Gasteiger partial charge in [-0.25, -0.2) is 4.98 Å². The van der Waals surface area contributed by atoms with Crippen molar-refractivity contribution < 1.29 is 4.74 Å². The van der Waals surface area contributed by atoms with Crippen molar-refractivity contribution in [3.63, 3.8) is 0 Å². The molecule has 0 aliphatic heterocycles. The number of nitrogens with one attached hydrogen (secondary N) is 1. The van der Waals surface area contributed by atoms with E-state index in [1.807, 2.05) is 0 Å². The van der Waals surface area contributed by atoms with Crippen LogP contribution in [0.25, 0.3) is 11.3 Å². The Morgan fingerprint density at radius 3 is 2.80 bits per heavy atom. The summed E-state index contributed by atoms with van der Waals surface area (Å²) in [6.45, 7) is 1.76. The summed E-state index contributed by atoms with van der Waals surface area (Å²) in [7, 11) is 1.59. The maximum absolute atomic E-state index is 12.1. The van der Waals surface area contributed by atoms with Gasteiger partial charge in [-0.05, 0) is 38.0 Å². The summed E-state index contributed by atoms with van der Waals surface area (Å²) >= 11 is 6.06. The normalized spacial score (nSPS) is 14.3. The van der Waals surface area contributed by atoms with Crippen molar-refractivity contribution >= 4 is 11.6 Å². The molecule has 1 aromatic heterocycles. The molecule has 1 saturated carbocycles. The minimum Gasteiger partial charge on any atom is -0.496 e. The van der Waals surface area contributed by atoms with Gasteiger partial charge < -0.3 is 9.72 Å². The van der Waals surface area contributed by atoms with Crippen LogP contribution in [0.3, 0.4) is 0 Å². The second-order valence-corrected chi connectivity index (χ2v) is 5.48. The summed E-state index contributed by atoms with van der Waals surface area (Å²) < 4.78 is 5.35. The highest BCUT2D eigenvalue weighted by molar-refractivity contribution is 6.31. The molecular weight excluding hydrogens is 276 g/mol. The SMILES string of the molecule is COc1ccc(Cl)cc1-c1nc(C2CC2)[nH]c(=O)c1C. The molecule has 2 aromatic rings. The van der Waals surface area contributed by atoms with Crippen LogP contribution in [0.5, 0.6) is 5.75 Å². The van der Waals surface area contributed by atoms with Crippen molar-refractivity contribution in [2.45, 2.75) is 25.7 Å². The number of ether oxygens (including phenoxy) is 1. The average molecular weight is 291 g/mol. The van der Waals surface area contributed by atoms with Gasteiger partial charge in [-0.3, -0.25) is 4.79 Å². The highest BCUT2D eigenvalue weighted by atomic mass is 35.5. The number of nitrogens with zero attached hydrogens (tertiary/aromatic N) is 1. The zero-order chi connectivity index (χ0) is 14.3. The van der Waals surface area contributed by atoms with E-state index in [1.54, 1.807) is 32.2 Å². The predicted molar refractivity (Wildman–Crippen MR) is 78.6 cm³/mol. The van der Waals surface area contributed by atoms with Crippen molar-refractivity contribution in [3.05, 3.63) is 45.0 Å². The molecule has 0 unspecified atom stereocenters. The lowest BCUT2D eigenvalue weighted by molar-refractivity contribution is 0.416. The molecule has 20 heavy (non-hydrogen) atoms. The average Bonchev–Trinajstić information content (AvgIpc) is 3.26. The molecule has 3 rings (SSSR count). The fourth-order valence-electron chi connectivity index (χ4n) is 2.23. The van der Waals surface area contributed by atoms with E-state index in [0.29, 0.717) is 27.9 Å². The molecule has 104 valence electrons. The van der Waals surface area contributed by atoms with Crippen LogP contribution in [-0.2, 0) is 0 Å². The Balaban J connectivity index is 2.23. The first-order valence-electron chi connectivity index (χ1n) is 6.55. The zero-order valence-corrected chi connectivity index (χ0v) is 12.1. The number of methoxy groups -OCH3 is 1. The van der Waals surface area contributed by atoms with E-state index in [1.165, 1.54) is 0 Å². The molecule has 4 nitrogen and oxygen atoms in total.